The summed E-state index contributed by atoms with van der Waals surface area (Å²) in [5.74, 6) is 5.33. The first-order valence-corrected chi connectivity index (χ1v) is 2.74. The highest BCUT2D eigenvalue weighted by atomic mass is 17.1. The van der Waals surface area contributed by atoms with E-state index in [1.54, 1.807) is 7.05 Å². The van der Waals surface area contributed by atoms with Crippen LogP contribution in [0.3, 0.4) is 0 Å². The predicted octanol–water partition coefficient (Wildman–Crippen LogP) is -0.676. The Morgan fingerprint density at radius 2 is 2.22 bits per heavy atom. The number of quaternary nitrogens is 1. The van der Waals surface area contributed by atoms with E-state index >= 15 is 0 Å². The molecule has 0 aliphatic carbocycles. The van der Waals surface area contributed by atoms with Gasteiger partial charge in [-0.2, -0.15) is 0 Å². The van der Waals surface area contributed by atoms with Crippen molar-refractivity contribution in [2.24, 2.45) is 5.84 Å². The zero-order chi connectivity index (χ0) is 7.33. The van der Waals surface area contributed by atoms with Crippen molar-refractivity contribution in [2.75, 3.05) is 20.7 Å². The van der Waals surface area contributed by atoms with Crippen molar-refractivity contribution in [3.63, 3.8) is 0 Å². The fourth-order valence-corrected chi connectivity index (χ4v) is 0.230. The number of nitrogens with two attached hydrogens (primary N) is 1. The molecule has 9 heavy (non-hydrogen) atoms. The van der Waals surface area contributed by atoms with Gasteiger partial charge in [0.15, 0.2) is 7.05 Å². The molecule has 5 nitrogen and oxygen atoms in total. The molecule has 56 valence electrons. The van der Waals surface area contributed by atoms with Crippen molar-refractivity contribution in [3.05, 3.63) is 0 Å². The number of hydrogen-bond acceptors (Lipinski definition) is 4. The van der Waals surface area contributed by atoms with Gasteiger partial charge >= 0.3 is 0 Å². The Morgan fingerprint density at radius 3 is 2.56 bits per heavy atom. The lowest BCUT2D eigenvalue weighted by Crippen LogP contribution is -2.52. The molecule has 0 fully saturated rings. The Hall–Kier alpha value is -0.200. The highest BCUT2D eigenvalue weighted by molar-refractivity contribution is 4.07. The monoisotopic (exact) mass is 136 g/mol. The predicted molar refractivity (Wildman–Crippen MR) is 32.1 cm³/mol. The van der Waals surface area contributed by atoms with Crippen LogP contribution in [0.5, 0.6) is 0 Å². The molecule has 0 aromatic carbocycles. The van der Waals surface area contributed by atoms with E-state index in [4.69, 9.17) is 10.8 Å². The minimum absolute atomic E-state index is 0.437. The molecule has 0 spiro atoms. The van der Waals surface area contributed by atoms with Gasteiger partial charge in [-0.3, -0.25) is 0 Å². The van der Waals surface area contributed by atoms with E-state index in [1.807, 2.05) is 6.92 Å². The van der Waals surface area contributed by atoms with Crippen LogP contribution in [-0.4, -0.2) is 25.6 Å². The highest BCUT2D eigenvalue weighted by Gasteiger charge is 2.16. The average Bonchev–Trinajstić information content (AvgIpc) is 1.84. The maximum absolute atomic E-state index is 5.33. The second kappa shape index (κ2) is 3.76. The summed E-state index contributed by atoms with van der Waals surface area (Å²) in [4.78, 5) is 9.00. The lowest BCUT2D eigenvalue weighted by Gasteiger charge is -2.18. The van der Waals surface area contributed by atoms with Crippen molar-refractivity contribution in [1.29, 1.82) is 0 Å². The molecule has 3 N–H and O–H groups in total. The number of hydroxylamine groups is 3. The molecular weight excluding hydrogens is 122 g/mol. The number of rotatable bonds is 4. The summed E-state index contributed by atoms with van der Waals surface area (Å²) in [6.07, 6.45) is 0. The second-order valence-electron chi connectivity index (χ2n) is 1.68. The molecule has 1 atom stereocenters. The molecule has 0 aliphatic heterocycles. The molecule has 0 bridgehead atoms. The normalized spacial score (nSPS) is 17.3. The highest BCUT2D eigenvalue weighted by Crippen LogP contribution is 1.88. The zero-order valence-electron chi connectivity index (χ0n) is 6.05. The minimum atomic E-state index is -0.437. The summed E-state index contributed by atoms with van der Waals surface area (Å²) in [6, 6.07) is 0. The lowest BCUT2D eigenvalue weighted by molar-refractivity contribution is -1.25. The van der Waals surface area contributed by atoms with E-state index in [0.717, 1.165) is 0 Å². The van der Waals surface area contributed by atoms with Gasteiger partial charge in [0.05, 0.1) is 0 Å². The van der Waals surface area contributed by atoms with Gasteiger partial charge < -0.3 is 0 Å². The summed E-state index contributed by atoms with van der Waals surface area (Å²) in [5.41, 5.74) is 2.56. The van der Waals surface area contributed by atoms with Crippen LogP contribution in [-0.2, 0) is 9.78 Å². The summed E-state index contributed by atoms with van der Waals surface area (Å²) >= 11 is 0. The fraction of sp³-hybridized carbons (Fsp3) is 1.00. The van der Waals surface area contributed by atoms with Crippen LogP contribution in [0.1, 0.15) is 6.92 Å². The third kappa shape index (κ3) is 4.31. The molecule has 0 aromatic heterocycles. The third-order valence-corrected chi connectivity index (χ3v) is 0.753. The maximum Gasteiger partial charge on any atom is 0.154 e. The molecule has 0 aliphatic rings. The van der Waals surface area contributed by atoms with Gasteiger partial charge in [-0.1, -0.05) is 11.9 Å². The smallest absolute Gasteiger partial charge is 0.148 e. The van der Waals surface area contributed by atoms with Crippen molar-refractivity contribution in [2.45, 2.75) is 6.92 Å². The maximum atomic E-state index is 5.33. The van der Waals surface area contributed by atoms with Crippen molar-refractivity contribution in [3.8, 4) is 0 Å². The fourth-order valence-electron chi connectivity index (χ4n) is 0.230. The zero-order valence-corrected chi connectivity index (χ0v) is 6.05. The van der Waals surface area contributed by atoms with Gasteiger partial charge in [0.25, 0.3) is 0 Å². The average molecular weight is 136 g/mol. The van der Waals surface area contributed by atoms with Crippen molar-refractivity contribution >= 4 is 0 Å². The van der Waals surface area contributed by atoms with E-state index < -0.39 is 4.92 Å². The van der Waals surface area contributed by atoms with E-state index in [9.17, 15) is 0 Å². The molecule has 1 unspecified atom stereocenters. The molecule has 0 aromatic rings. The standard InChI is InChI=1S/C4H14N3O2/c1-4-6-9-7(2,5)8-3/h6H,4-5H2,1-3H3/q+1. The first-order chi connectivity index (χ1) is 4.12. The number of nitrogens with one attached hydrogen (secondary N) is 1. The van der Waals surface area contributed by atoms with Crippen LogP contribution in [0.2, 0.25) is 0 Å². The molecule has 0 radical (unpaired) electrons. The molecule has 0 amide bonds. The summed E-state index contributed by atoms with van der Waals surface area (Å²) in [5, 5.41) is 0. The van der Waals surface area contributed by atoms with Crippen molar-refractivity contribution < 1.29 is 14.7 Å². The van der Waals surface area contributed by atoms with Gasteiger partial charge in [0.2, 0.25) is 0 Å². The molecule has 0 saturated heterocycles. The number of hydrogen-bond donors (Lipinski definition) is 2. The van der Waals surface area contributed by atoms with Crippen LogP contribution in [0, 0.1) is 0 Å². The molecule has 0 rings (SSSR count). The topological polar surface area (TPSA) is 56.5 Å². The quantitative estimate of drug-likeness (QED) is 0.305. The van der Waals surface area contributed by atoms with Crippen LogP contribution in [0.4, 0.5) is 0 Å². The number of nitrogens with zero attached hydrogens (tertiary/aromatic N) is 1. The van der Waals surface area contributed by atoms with E-state index in [-0.39, 0.29) is 0 Å². The largest absolute Gasteiger partial charge is 0.154 e. The Kier molecular flexibility index (Phi) is 3.67. The van der Waals surface area contributed by atoms with Crippen LogP contribution in [0.15, 0.2) is 0 Å². The van der Waals surface area contributed by atoms with E-state index in [2.05, 4.69) is 10.3 Å². The van der Waals surface area contributed by atoms with Crippen molar-refractivity contribution in [1.82, 2.24) is 5.48 Å². The Morgan fingerprint density at radius 1 is 1.67 bits per heavy atom. The molecule has 0 saturated carbocycles. The van der Waals surface area contributed by atoms with Gasteiger partial charge in [-0.15, -0.1) is 16.2 Å². The minimum Gasteiger partial charge on any atom is -0.148 e. The second-order valence-corrected chi connectivity index (χ2v) is 1.68. The first-order valence-electron chi connectivity index (χ1n) is 2.74. The lowest BCUT2D eigenvalue weighted by atomic mass is 10.8. The van der Waals surface area contributed by atoms with Crippen LogP contribution >= 0.6 is 0 Å². The van der Waals surface area contributed by atoms with Gasteiger partial charge in [-0.25, -0.2) is 0 Å². The van der Waals surface area contributed by atoms with Crippen LogP contribution in [0.25, 0.3) is 0 Å². The summed E-state index contributed by atoms with van der Waals surface area (Å²) in [6.45, 7) is 2.59. The Balaban J connectivity index is 3.33. The molecule has 0 heterocycles. The van der Waals surface area contributed by atoms with E-state index in [1.165, 1.54) is 7.11 Å². The van der Waals surface area contributed by atoms with Gasteiger partial charge in [-0.05, 0) is 0 Å². The first kappa shape index (κ1) is 8.80. The summed E-state index contributed by atoms with van der Waals surface area (Å²) < 4.78 is 0. The molecular formula is C4H14N3O2+. The van der Waals surface area contributed by atoms with Crippen LogP contribution < -0.4 is 11.3 Å². The summed E-state index contributed by atoms with van der Waals surface area (Å²) in [7, 11) is 3.01. The third-order valence-electron chi connectivity index (χ3n) is 0.753. The van der Waals surface area contributed by atoms with Gasteiger partial charge in [0.1, 0.15) is 7.11 Å². The Labute approximate surface area is 54.8 Å². The Bertz CT molecular complexity index is 76.2. The van der Waals surface area contributed by atoms with Gasteiger partial charge in [0, 0.05) is 11.5 Å². The molecule has 5 heteroatoms. The van der Waals surface area contributed by atoms with E-state index in [0.29, 0.717) is 6.54 Å². The SMILES string of the molecule is CCNO[N+](C)(N)OC.